The summed E-state index contributed by atoms with van der Waals surface area (Å²) < 4.78 is 79.4. The minimum Gasteiger partial charge on any atom is -0.381 e. The molecule has 6 fully saturated rings. The Balaban J connectivity index is 0.000000118. The molecule has 730 valence electrons. The summed E-state index contributed by atoms with van der Waals surface area (Å²) in [6.45, 7) is 4.48. The van der Waals surface area contributed by atoms with Crippen molar-refractivity contribution in [2.24, 2.45) is 18.4 Å². The van der Waals surface area contributed by atoms with Gasteiger partial charge in [0.1, 0.15) is 33.2 Å². The number of hydrogen-bond acceptors (Lipinski definition) is 32. The second-order valence-corrected chi connectivity index (χ2v) is 34.5. The molecule has 2 saturated carbocycles. The molecule has 6 aliphatic rings. The monoisotopic (exact) mass is 1950 g/mol. The lowest BCUT2D eigenvalue weighted by Crippen LogP contribution is -2.42. The summed E-state index contributed by atoms with van der Waals surface area (Å²) in [6.07, 6.45) is 36.5. The lowest BCUT2D eigenvalue weighted by Gasteiger charge is -2.34. The Morgan fingerprint density at radius 2 is 0.741 bits per heavy atom. The highest BCUT2D eigenvalue weighted by molar-refractivity contribution is 6.15. The standard InChI is InChI=1S/C22H21FN8O2.C21H22FN7O2.C18H18FN7O2.C16H15FN6O2.C15H12FN9O/c23-14-9-27-19-17(18(25)29-31(19)11-14)20(32)28-16-10-26-6-1-15(16)13-2-7-30(8-3-13)21(33)22(12-24)4-5-22;22-14-9-25-19-17(18(23)27-29(19)11-14)20(30)26-16-10-24-6-3-15(16)12-4-7-28(8-5-12)21(31)13-1-2-13;1-25-5-3-10(6-14(25)27)12-2-4-21-8-13(12)23-18(28)15-16(20)24-26-9-11(19)7-22-17(15)26;17-10-5-20-15-13(14(18)22-23(15)7-10)16(24)21-12-6-19-3-1-11(12)9-2-4-25-8-9;1-24-11(6-20-23-24)9-2-3-18-5-10(9)21-15(26)12-13(17)22-25-7-8(16)4-19-14(12)25/h1,6,9-11,13H,2-5,7-8H2,(H2,25,29)(H,28,32);3,6,9-13H,1-2,4-5,7-8H2,(H2,23,27)(H,26,30);2,4,7-10H,3,5-6H2,1H3,(H2,20,24)(H,23,28);1,3,5-7,9H,2,4,8H2,(H2,18,22)(H,21,24);2-7H,1H3,(H2,17,22)(H,21,26). The third-order valence-corrected chi connectivity index (χ3v) is 25.2. The van der Waals surface area contributed by atoms with Gasteiger partial charge in [-0.05, 0) is 135 Å². The molecule has 2 atom stereocenters. The fourth-order valence-corrected chi connectivity index (χ4v) is 17.6. The molecular formula is C92H88F5N37O9. The third-order valence-electron chi connectivity index (χ3n) is 25.2. The minimum absolute atomic E-state index is 0.0181. The smallest absolute Gasteiger partial charge is 0.263 e. The van der Waals surface area contributed by atoms with E-state index in [-0.39, 0.29) is 132 Å². The number of pyridine rings is 5. The van der Waals surface area contributed by atoms with E-state index in [1.54, 1.807) is 96.5 Å². The first kappa shape index (κ1) is 95.2. The molecule has 20 heterocycles. The van der Waals surface area contributed by atoms with Gasteiger partial charge in [0.05, 0.1) is 146 Å². The van der Waals surface area contributed by atoms with Crippen LogP contribution in [-0.2, 0) is 26.2 Å². The number of likely N-dealkylation sites (tertiary alicyclic amines) is 3. The fourth-order valence-electron chi connectivity index (χ4n) is 17.6. The zero-order valence-corrected chi connectivity index (χ0v) is 76.2. The number of piperidine rings is 3. The molecule has 16 aromatic rings. The van der Waals surface area contributed by atoms with Gasteiger partial charge in [0.2, 0.25) is 17.7 Å². The molecule has 8 amide bonds. The van der Waals surface area contributed by atoms with E-state index in [1.165, 1.54) is 12.4 Å². The molecule has 4 saturated heterocycles. The van der Waals surface area contributed by atoms with E-state index in [2.05, 4.69) is 118 Å². The van der Waals surface area contributed by atoms with Crippen LogP contribution < -0.4 is 55.3 Å². The summed E-state index contributed by atoms with van der Waals surface area (Å²) in [6, 6.07) is 11.3. The molecule has 0 bridgehead atoms. The molecule has 4 aliphatic heterocycles. The number of amides is 8. The van der Waals surface area contributed by atoms with Crippen LogP contribution in [0.2, 0.25) is 0 Å². The molecule has 0 aromatic carbocycles. The third kappa shape index (κ3) is 20.3. The number of halogens is 5. The van der Waals surface area contributed by atoms with Gasteiger partial charge in [-0.25, -0.2) is 74.1 Å². The Morgan fingerprint density at radius 3 is 1.06 bits per heavy atom. The number of nitrogens with two attached hydrogens (primary N) is 5. The van der Waals surface area contributed by atoms with Crippen molar-refractivity contribution in [1.82, 2.24) is 128 Å². The Morgan fingerprint density at radius 1 is 0.413 bits per heavy atom. The number of nitrogens with one attached hydrogen (secondary N) is 5. The number of rotatable bonds is 17. The van der Waals surface area contributed by atoms with Crippen LogP contribution in [-0.4, -0.2) is 228 Å². The van der Waals surface area contributed by atoms with E-state index in [0.717, 1.165) is 145 Å². The highest BCUT2D eigenvalue weighted by Gasteiger charge is 2.53. The van der Waals surface area contributed by atoms with Crippen LogP contribution in [0.1, 0.15) is 168 Å². The van der Waals surface area contributed by atoms with Gasteiger partial charge in [0.25, 0.3) is 29.5 Å². The molecule has 51 heteroatoms. The number of aromatic nitrogens is 23. The number of nitrogens with zero attached hydrogens (tertiary/aromatic N) is 27. The average molecular weight is 1950 g/mol. The molecule has 22 rings (SSSR count). The summed E-state index contributed by atoms with van der Waals surface area (Å²) in [5.41, 5.74) is 37.3. The number of anilines is 10. The summed E-state index contributed by atoms with van der Waals surface area (Å²) in [5, 5.41) is 50.8. The van der Waals surface area contributed by atoms with E-state index in [1.807, 2.05) is 23.1 Å². The molecule has 15 N–H and O–H groups in total. The van der Waals surface area contributed by atoms with Gasteiger partial charge < -0.3 is 74.7 Å². The summed E-state index contributed by atoms with van der Waals surface area (Å²) in [7, 11) is 3.51. The van der Waals surface area contributed by atoms with Crippen LogP contribution >= 0.6 is 0 Å². The topological polar surface area (TPSA) is 616 Å². The molecule has 2 aliphatic carbocycles. The van der Waals surface area contributed by atoms with Crippen LogP contribution in [0, 0.1) is 51.8 Å². The number of ether oxygens (including phenoxy) is 1. The van der Waals surface area contributed by atoms with Gasteiger partial charge in [-0.15, -0.1) is 30.6 Å². The fraction of sp³-hybridized carbons (Fsp3) is 0.283. The Bertz CT molecular complexity index is 7700. The highest BCUT2D eigenvalue weighted by Crippen LogP contribution is 2.48. The predicted octanol–water partition coefficient (Wildman–Crippen LogP) is 8.25. The number of nitriles is 1. The zero-order valence-electron chi connectivity index (χ0n) is 76.2. The number of nitrogen functional groups attached to an aromatic ring is 5. The van der Waals surface area contributed by atoms with Crippen LogP contribution in [0.15, 0.2) is 160 Å². The number of aryl methyl sites for hydroxylation is 1. The lowest BCUT2D eigenvalue weighted by atomic mass is 9.88. The Labute approximate surface area is 805 Å². The van der Waals surface area contributed by atoms with Gasteiger partial charge in [-0.1, -0.05) is 5.21 Å². The first-order valence-corrected chi connectivity index (χ1v) is 44.9. The van der Waals surface area contributed by atoms with E-state index < -0.39 is 64.0 Å². The first-order valence-electron chi connectivity index (χ1n) is 44.9. The maximum Gasteiger partial charge on any atom is 0.263 e. The van der Waals surface area contributed by atoms with Crippen LogP contribution in [0.4, 0.5) is 79.5 Å². The van der Waals surface area contributed by atoms with Crippen molar-refractivity contribution in [2.45, 2.75) is 94.3 Å². The molecule has 143 heavy (non-hydrogen) atoms. The second-order valence-electron chi connectivity index (χ2n) is 34.5. The summed E-state index contributed by atoms with van der Waals surface area (Å²) in [5.74, 6) is -4.74. The van der Waals surface area contributed by atoms with Crippen molar-refractivity contribution in [3.8, 4) is 17.3 Å². The van der Waals surface area contributed by atoms with Crippen molar-refractivity contribution in [1.29, 1.82) is 5.26 Å². The van der Waals surface area contributed by atoms with Gasteiger partial charge in [0, 0.05) is 108 Å². The molecular weight excluding hydrogens is 1860 g/mol. The molecule has 46 nitrogen and oxygen atoms in total. The maximum absolute atomic E-state index is 13.4. The molecule has 0 radical (unpaired) electrons. The van der Waals surface area contributed by atoms with Crippen molar-refractivity contribution in [3.63, 3.8) is 0 Å². The number of carbonyl (C=O) groups is 8. The summed E-state index contributed by atoms with van der Waals surface area (Å²) in [4.78, 5) is 147. The Kier molecular flexibility index (Phi) is 27.0. The SMILES string of the molecule is CN1CCC(c2ccncc2NC(=O)c2c(N)nn3cc(F)cnc23)CC1=O.Cn1nncc1-c1ccncc1NC(=O)c1c(N)nn2cc(F)cnc12.N#CC1(C(=O)N2CCC(c3ccncc3NC(=O)c3c(N)nn4cc(F)cnc34)CC2)CC1.Nc1nn2cc(F)cnc2c1C(=O)Nc1cnccc1C1CCN(C(=O)C2CC2)CC1.Nc1nn2cc(F)cnc2c1C(=O)Nc1cnccc1C1CCOC1. The second kappa shape index (κ2) is 40.5. The Hall–Kier alpha value is -18.1. The van der Waals surface area contributed by atoms with Crippen LogP contribution in [0.25, 0.3) is 39.5 Å². The van der Waals surface area contributed by atoms with Gasteiger partial charge >= 0.3 is 0 Å². The number of hydrogen-bond donors (Lipinski definition) is 10. The minimum atomic E-state index is -0.812. The molecule has 2 unspecified atom stereocenters. The predicted molar refractivity (Wildman–Crippen MR) is 503 cm³/mol. The summed E-state index contributed by atoms with van der Waals surface area (Å²) >= 11 is 0. The number of fused-ring (bicyclic) bond motifs is 5. The highest BCUT2D eigenvalue weighted by atomic mass is 19.1. The normalized spacial score (nSPS) is 16.1. The van der Waals surface area contributed by atoms with Crippen LogP contribution in [0.3, 0.4) is 0 Å². The van der Waals surface area contributed by atoms with Crippen molar-refractivity contribution in [2.75, 3.05) is 108 Å². The molecule has 0 spiro atoms. The first-order chi connectivity index (χ1) is 69.0. The van der Waals surface area contributed by atoms with Gasteiger partial charge in [0.15, 0.2) is 86.4 Å². The van der Waals surface area contributed by atoms with Crippen molar-refractivity contribution < 1.29 is 65.0 Å². The quantitative estimate of drug-likeness (QED) is 0.0383. The zero-order chi connectivity index (χ0) is 100. The van der Waals surface area contributed by atoms with Gasteiger partial charge in [-0.2, -0.15) is 5.26 Å². The largest absolute Gasteiger partial charge is 0.381 e. The van der Waals surface area contributed by atoms with Gasteiger partial charge in [-0.3, -0.25) is 63.3 Å². The van der Waals surface area contributed by atoms with E-state index in [9.17, 15) is 65.6 Å². The van der Waals surface area contributed by atoms with E-state index >= 15 is 0 Å². The molecule has 16 aromatic heterocycles. The average Bonchev–Trinajstić information content (AvgIpc) is 1.62. The lowest BCUT2D eigenvalue weighted by molar-refractivity contribution is -0.136. The van der Waals surface area contributed by atoms with E-state index in [4.69, 9.17) is 33.4 Å². The van der Waals surface area contributed by atoms with E-state index in [0.29, 0.717) is 118 Å². The van der Waals surface area contributed by atoms with Crippen molar-refractivity contribution in [3.05, 3.63) is 240 Å². The maximum atomic E-state index is 13.4. The van der Waals surface area contributed by atoms with Crippen LogP contribution in [0.5, 0.6) is 0 Å². The van der Waals surface area contributed by atoms with Crippen molar-refractivity contribution >= 4 is 133 Å². The number of carbonyl (C=O) groups excluding carboxylic acids is 8.